The summed E-state index contributed by atoms with van der Waals surface area (Å²) in [6, 6.07) is 13.2. The molecule has 0 bridgehead atoms. The predicted octanol–water partition coefficient (Wildman–Crippen LogP) is 4.13. The molecule has 1 aromatic heterocycles. The molecule has 0 aliphatic rings. The molecule has 0 fully saturated rings. The smallest absolute Gasteiger partial charge is 0.411 e. The molecule has 1 N–H and O–H groups in total. The van der Waals surface area contributed by atoms with Gasteiger partial charge in [0.15, 0.2) is 11.6 Å². The van der Waals surface area contributed by atoms with Gasteiger partial charge in [0.1, 0.15) is 0 Å². The van der Waals surface area contributed by atoms with Gasteiger partial charge in [0.25, 0.3) is 5.56 Å². The van der Waals surface area contributed by atoms with Crippen molar-refractivity contribution >= 4 is 11.8 Å². The van der Waals surface area contributed by atoms with Gasteiger partial charge in [-0.3, -0.25) is 10.1 Å². The third-order valence-electron chi connectivity index (χ3n) is 4.82. The Hall–Kier alpha value is -3.59. The number of unbranched alkanes of at least 4 members (excludes halogenated alkanes) is 1. The maximum atomic E-state index is 13.6. The molecule has 33 heavy (non-hydrogen) atoms. The van der Waals surface area contributed by atoms with Crippen LogP contribution in [-0.2, 0) is 11.3 Å². The summed E-state index contributed by atoms with van der Waals surface area (Å²) in [4.78, 5) is 26.4. The van der Waals surface area contributed by atoms with Gasteiger partial charge in [-0.25, -0.2) is 18.3 Å². The quantitative estimate of drug-likeness (QED) is 0.490. The van der Waals surface area contributed by atoms with Crippen LogP contribution in [0.3, 0.4) is 0 Å². The maximum Gasteiger partial charge on any atom is 0.411 e. The zero-order valence-corrected chi connectivity index (χ0v) is 18.6. The summed E-state index contributed by atoms with van der Waals surface area (Å²) in [5, 5.41) is 6.94. The summed E-state index contributed by atoms with van der Waals surface area (Å²) in [7, 11) is 3.98. The number of halogens is 2. The number of carbonyl (C=O) groups is 1. The normalized spacial score (nSPS) is 10.9. The molecule has 0 aliphatic carbocycles. The lowest BCUT2D eigenvalue weighted by molar-refractivity contribution is 0.158. The van der Waals surface area contributed by atoms with Crippen molar-refractivity contribution in [1.82, 2.24) is 14.7 Å². The lowest BCUT2D eigenvalue weighted by Gasteiger charge is -2.11. The van der Waals surface area contributed by atoms with Crippen LogP contribution in [0.4, 0.5) is 19.3 Å². The Labute approximate surface area is 190 Å². The van der Waals surface area contributed by atoms with Crippen LogP contribution in [0, 0.1) is 11.6 Å². The third-order valence-corrected chi connectivity index (χ3v) is 4.82. The highest BCUT2D eigenvalue weighted by Gasteiger charge is 2.09. The van der Waals surface area contributed by atoms with Gasteiger partial charge in [0.2, 0.25) is 0 Å². The van der Waals surface area contributed by atoms with Gasteiger partial charge in [-0.15, -0.1) is 0 Å². The van der Waals surface area contributed by atoms with E-state index < -0.39 is 17.7 Å². The van der Waals surface area contributed by atoms with Crippen molar-refractivity contribution in [3.63, 3.8) is 0 Å². The van der Waals surface area contributed by atoms with E-state index in [1.165, 1.54) is 22.9 Å². The number of carbonyl (C=O) groups excluding carboxylic acids is 1. The first kappa shape index (κ1) is 24.1. The van der Waals surface area contributed by atoms with Crippen LogP contribution in [0.15, 0.2) is 59.4 Å². The monoisotopic (exact) mass is 456 g/mol. The van der Waals surface area contributed by atoms with E-state index in [1.807, 2.05) is 14.1 Å². The van der Waals surface area contributed by atoms with E-state index in [4.69, 9.17) is 4.74 Å². The predicted molar refractivity (Wildman–Crippen MR) is 122 cm³/mol. The van der Waals surface area contributed by atoms with Crippen molar-refractivity contribution in [2.75, 3.05) is 32.6 Å². The van der Waals surface area contributed by atoms with Crippen LogP contribution in [-0.4, -0.2) is 48.0 Å². The fourth-order valence-electron chi connectivity index (χ4n) is 3.14. The second kappa shape index (κ2) is 11.3. The number of rotatable bonds is 9. The summed E-state index contributed by atoms with van der Waals surface area (Å²) in [6.45, 7) is 1.39. The molecule has 0 spiro atoms. The highest BCUT2D eigenvalue weighted by Crippen LogP contribution is 2.19. The van der Waals surface area contributed by atoms with E-state index in [2.05, 4.69) is 15.3 Å². The molecule has 7 nitrogen and oxygen atoms in total. The fraction of sp³-hybridized carbons (Fsp3) is 0.292. The summed E-state index contributed by atoms with van der Waals surface area (Å²) in [6.07, 6.45) is 1.16. The van der Waals surface area contributed by atoms with Crippen LogP contribution in [0.1, 0.15) is 18.4 Å². The summed E-state index contributed by atoms with van der Waals surface area (Å²) in [5.74, 6) is -1.95. The average molecular weight is 456 g/mol. The molecule has 0 atom stereocenters. The van der Waals surface area contributed by atoms with E-state index in [0.717, 1.165) is 37.1 Å². The van der Waals surface area contributed by atoms with Crippen molar-refractivity contribution < 1.29 is 18.3 Å². The molecule has 0 radical (unpaired) electrons. The number of nitrogens with zero attached hydrogens (tertiary/aromatic N) is 3. The Morgan fingerprint density at radius 3 is 2.64 bits per heavy atom. The Morgan fingerprint density at radius 1 is 1.06 bits per heavy atom. The molecule has 1 heterocycles. The van der Waals surface area contributed by atoms with Gasteiger partial charge >= 0.3 is 6.09 Å². The first-order chi connectivity index (χ1) is 15.8. The molecule has 0 unspecified atom stereocenters. The second-order valence-corrected chi connectivity index (χ2v) is 7.82. The number of hydrogen-bond acceptors (Lipinski definition) is 5. The molecule has 0 saturated heterocycles. The standard InChI is InChI=1S/C24H26F2N4O3/c1-29(2)12-3-4-13-33-24(32)27-19-7-5-6-17(14-19)16-30-23(31)11-10-22(28-30)18-8-9-20(25)21(26)15-18/h5-11,14-15H,3-4,12-13,16H2,1-2H3,(H,27,32). The fourth-order valence-corrected chi connectivity index (χ4v) is 3.14. The minimum atomic E-state index is -0.990. The van der Waals surface area contributed by atoms with E-state index in [9.17, 15) is 18.4 Å². The number of nitrogens with one attached hydrogen (secondary N) is 1. The molecule has 1 amide bonds. The number of hydrogen-bond donors (Lipinski definition) is 1. The van der Waals surface area contributed by atoms with Crippen LogP contribution < -0.4 is 10.9 Å². The number of ether oxygens (including phenoxy) is 1. The highest BCUT2D eigenvalue weighted by molar-refractivity contribution is 5.84. The number of benzene rings is 2. The zero-order chi connectivity index (χ0) is 23.8. The summed E-state index contributed by atoms with van der Waals surface area (Å²) >= 11 is 0. The average Bonchev–Trinajstić information content (AvgIpc) is 2.77. The van der Waals surface area contributed by atoms with Crippen molar-refractivity contribution in [2.45, 2.75) is 19.4 Å². The lowest BCUT2D eigenvalue weighted by Crippen LogP contribution is -2.23. The van der Waals surface area contributed by atoms with Crippen molar-refractivity contribution in [1.29, 1.82) is 0 Å². The van der Waals surface area contributed by atoms with Gasteiger partial charge < -0.3 is 9.64 Å². The third kappa shape index (κ3) is 7.21. The molecule has 0 aliphatic heterocycles. The van der Waals surface area contributed by atoms with Crippen molar-refractivity contribution in [3.8, 4) is 11.3 Å². The first-order valence-electron chi connectivity index (χ1n) is 10.5. The first-order valence-corrected chi connectivity index (χ1v) is 10.5. The van der Waals surface area contributed by atoms with Gasteiger partial charge in [-0.1, -0.05) is 12.1 Å². The van der Waals surface area contributed by atoms with Crippen LogP contribution in [0.5, 0.6) is 0 Å². The molecular formula is C24H26F2N4O3. The summed E-state index contributed by atoms with van der Waals surface area (Å²) in [5.41, 5.74) is 1.58. The minimum absolute atomic E-state index is 0.130. The van der Waals surface area contributed by atoms with Gasteiger partial charge in [-0.05, 0) is 75.4 Å². The molecule has 174 valence electrons. The van der Waals surface area contributed by atoms with Crippen molar-refractivity contribution in [2.24, 2.45) is 0 Å². The Balaban J connectivity index is 1.64. The van der Waals surface area contributed by atoms with E-state index in [0.29, 0.717) is 23.6 Å². The lowest BCUT2D eigenvalue weighted by atomic mass is 10.1. The number of amides is 1. The maximum absolute atomic E-state index is 13.6. The number of aromatic nitrogens is 2. The van der Waals surface area contributed by atoms with Crippen molar-refractivity contribution in [3.05, 3.63) is 82.1 Å². The molecule has 3 rings (SSSR count). The highest BCUT2D eigenvalue weighted by atomic mass is 19.2. The van der Waals surface area contributed by atoms with Crippen LogP contribution >= 0.6 is 0 Å². The Morgan fingerprint density at radius 2 is 1.88 bits per heavy atom. The molecule has 3 aromatic rings. The SMILES string of the molecule is CN(C)CCCCOC(=O)Nc1cccc(Cn2nc(-c3ccc(F)c(F)c3)ccc2=O)c1. The van der Waals surface area contributed by atoms with Gasteiger partial charge in [0.05, 0.1) is 18.8 Å². The van der Waals surface area contributed by atoms with Crippen LogP contribution in [0.25, 0.3) is 11.3 Å². The summed E-state index contributed by atoms with van der Waals surface area (Å²) < 4.78 is 33.2. The Kier molecular flexibility index (Phi) is 8.26. The largest absolute Gasteiger partial charge is 0.449 e. The molecule has 0 saturated carbocycles. The Bertz CT molecular complexity index is 1160. The number of anilines is 1. The zero-order valence-electron chi connectivity index (χ0n) is 18.6. The molecular weight excluding hydrogens is 430 g/mol. The second-order valence-electron chi connectivity index (χ2n) is 7.82. The minimum Gasteiger partial charge on any atom is -0.449 e. The topological polar surface area (TPSA) is 76.5 Å². The van der Waals surface area contributed by atoms with Gasteiger partial charge in [-0.2, -0.15) is 5.10 Å². The van der Waals surface area contributed by atoms with E-state index in [1.54, 1.807) is 24.3 Å². The van der Waals surface area contributed by atoms with E-state index in [-0.39, 0.29) is 12.1 Å². The molecule has 9 heteroatoms. The van der Waals surface area contributed by atoms with Gasteiger partial charge in [0, 0.05) is 17.3 Å². The van der Waals surface area contributed by atoms with Crippen LogP contribution in [0.2, 0.25) is 0 Å². The molecule has 2 aromatic carbocycles. The van der Waals surface area contributed by atoms with E-state index >= 15 is 0 Å².